The number of hydrogen-bond donors (Lipinski definition) is 1. The van der Waals surface area contributed by atoms with Gasteiger partial charge in [0.1, 0.15) is 0 Å². The molecule has 0 saturated heterocycles. The molecule has 0 spiro atoms. The Hall–Kier alpha value is -2.08. The maximum Gasteiger partial charge on any atom is 0.177 e. The molecule has 0 fully saturated rings. The highest BCUT2D eigenvalue weighted by atomic mass is 32.2. The Kier molecular flexibility index (Phi) is 3.44. The molecule has 100 valence electrons. The number of benzene rings is 2. The zero-order valence-corrected chi connectivity index (χ0v) is 10.9. The summed E-state index contributed by atoms with van der Waals surface area (Å²) in [6, 6.07) is 10.2. The van der Waals surface area contributed by atoms with Crippen molar-refractivity contribution in [3.8, 4) is 11.5 Å². The van der Waals surface area contributed by atoms with E-state index in [1.807, 2.05) is 0 Å². The lowest BCUT2D eigenvalue weighted by atomic mass is 10.3. The topological polar surface area (TPSA) is 69.4 Å². The highest BCUT2D eigenvalue weighted by Gasteiger charge is 2.16. The van der Waals surface area contributed by atoms with Crippen molar-refractivity contribution < 1.29 is 17.5 Å². The van der Waals surface area contributed by atoms with Crippen molar-refractivity contribution >= 4 is 15.5 Å². The van der Waals surface area contributed by atoms with Crippen LogP contribution in [0.2, 0.25) is 0 Å². The standard InChI is InChI=1S/C13H12FNO3S/c1-19(16,17)12-8-4-7-11(13(12)15)18-10-6-3-2-5-9(10)14/h2-8H,15H2,1H3. The largest absolute Gasteiger partial charge is 0.452 e. The lowest BCUT2D eigenvalue weighted by molar-refractivity contribution is 0.443. The molecule has 0 heterocycles. The second-order valence-electron chi connectivity index (χ2n) is 3.97. The number of nitrogen functional groups attached to an aromatic ring is 1. The van der Waals surface area contributed by atoms with E-state index in [1.165, 1.54) is 36.4 Å². The number of para-hydroxylation sites is 2. The van der Waals surface area contributed by atoms with Crippen molar-refractivity contribution in [2.45, 2.75) is 4.90 Å². The van der Waals surface area contributed by atoms with Crippen molar-refractivity contribution in [3.63, 3.8) is 0 Å². The third-order valence-electron chi connectivity index (χ3n) is 2.48. The van der Waals surface area contributed by atoms with Crippen LogP contribution in [-0.2, 0) is 9.84 Å². The third-order valence-corrected chi connectivity index (χ3v) is 3.64. The molecule has 0 aliphatic heterocycles. The Labute approximate surface area is 110 Å². The van der Waals surface area contributed by atoms with Crippen LogP contribution in [0.3, 0.4) is 0 Å². The fraction of sp³-hybridized carbons (Fsp3) is 0.0769. The molecule has 0 aliphatic carbocycles. The highest BCUT2D eigenvalue weighted by molar-refractivity contribution is 7.90. The maximum absolute atomic E-state index is 13.5. The summed E-state index contributed by atoms with van der Waals surface area (Å²) in [5.74, 6) is -0.459. The van der Waals surface area contributed by atoms with Gasteiger partial charge in [0.2, 0.25) is 0 Å². The van der Waals surface area contributed by atoms with Gasteiger partial charge in [-0.25, -0.2) is 12.8 Å². The second-order valence-corrected chi connectivity index (χ2v) is 5.96. The first kappa shape index (κ1) is 13.4. The van der Waals surface area contributed by atoms with Gasteiger partial charge in [0.05, 0.1) is 10.6 Å². The van der Waals surface area contributed by atoms with Gasteiger partial charge < -0.3 is 10.5 Å². The zero-order valence-electron chi connectivity index (χ0n) is 10.1. The van der Waals surface area contributed by atoms with Gasteiger partial charge in [-0.05, 0) is 24.3 Å². The van der Waals surface area contributed by atoms with E-state index in [1.54, 1.807) is 6.07 Å². The summed E-state index contributed by atoms with van der Waals surface area (Å²) in [5.41, 5.74) is 5.71. The van der Waals surface area contributed by atoms with E-state index in [-0.39, 0.29) is 22.1 Å². The quantitative estimate of drug-likeness (QED) is 0.878. The van der Waals surface area contributed by atoms with Crippen molar-refractivity contribution in [1.82, 2.24) is 0 Å². The summed E-state index contributed by atoms with van der Waals surface area (Å²) >= 11 is 0. The Morgan fingerprint density at radius 3 is 2.32 bits per heavy atom. The monoisotopic (exact) mass is 281 g/mol. The SMILES string of the molecule is CS(=O)(=O)c1cccc(Oc2ccccc2F)c1N. The van der Waals surface area contributed by atoms with Crippen LogP contribution >= 0.6 is 0 Å². The average molecular weight is 281 g/mol. The molecule has 0 radical (unpaired) electrons. The molecule has 2 aromatic rings. The summed E-state index contributed by atoms with van der Waals surface area (Å²) in [6.45, 7) is 0. The first-order chi connectivity index (χ1) is 8.89. The molecule has 0 atom stereocenters. The Bertz CT molecular complexity index is 714. The van der Waals surface area contributed by atoms with Gasteiger partial charge >= 0.3 is 0 Å². The Morgan fingerprint density at radius 1 is 1.05 bits per heavy atom. The van der Waals surface area contributed by atoms with Gasteiger partial charge in [-0.15, -0.1) is 0 Å². The molecule has 0 amide bonds. The number of ether oxygens (including phenoxy) is 1. The van der Waals surface area contributed by atoms with E-state index in [0.717, 1.165) is 6.26 Å². The van der Waals surface area contributed by atoms with Crippen molar-refractivity contribution in [3.05, 3.63) is 48.3 Å². The van der Waals surface area contributed by atoms with Crippen molar-refractivity contribution in [1.29, 1.82) is 0 Å². The van der Waals surface area contributed by atoms with Gasteiger partial charge in [0.15, 0.2) is 27.2 Å². The molecule has 0 saturated carbocycles. The van der Waals surface area contributed by atoms with Crippen LogP contribution in [0.5, 0.6) is 11.5 Å². The molecule has 6 heteroatoms. The van der Waals surface area contributed by atoms with Gasteiger partial charge in [0, 0.05) is 6.26 Å². The van der Waals surface area contributed by atoms with Gasteiger partial charge in [0.25, 0.3) is 0 Å². The van der Waals surface area contributed by atoms with Crippen molar-refractivity contribution in [2.24, 2.45) is 0 Å². The molecule has 2 N–H and O–H groups in total. The third kappa shape index (κ3) is 2.85. The zero-order chi connectivity index (χ0) is 14.0. The number of sulfone groups is 1. The molecule has 0 bridgehead atoms. The normalized spacial score (nSPS) is 11.3. The van der Waals surface area contributed by atoms with Crippen LogP contribution in [0.1, 0.15) is 0 Å². The first-order valence-electron chi connectivity index (χ1n) is 5.40. The predicted octanol–water partition coefficient (Wildman–Crippen LogP) is 2.60. The Balaban J connectivity index is 2.46. The lowest BCUT2D eigenvalue weighted by Gasteiger charge is -2.11. The van der Waals surface area contributed by atoms with E-state index >= 15 is 0 Å². The minimum absolute atomic E-state index is 0.0140. The number of halogens is 1. The van der Waals surface area contributed by atoms with Gasteiger partial charge in [-0.3, -0.25) is 0 Å². The molecular formula is C13H12FNO3S. The smallest absolute Gasteiger partial charge is 0.177 e. The van der Waals surface area contributed by atoms with E-state index in [9.17, 15) is 12.8 Å². The van der Waals surface area contributed by atoms with E-state index in [2.05, 4.69) is 0 Å². The number of rotatable bonds is 3. The van der Waals surface area contributed by atoms with Crippen LogP contribution < -0.4 is 10.5 Å². The van der Waals surface area contributed by atoms with Crippen LogP contribution in [0.25, 0.3) is 0 Å². The molecule has 0 unspecified atom stereocenters. The predicted molar refractivity (Wildman–Crippen MR) is 70.4 cm³/mol. The number of nitrogens with two attached hydrogens (primary N) is 1. The molecule has 0 aromatic heterocycles. The summed E-state index contributed by atoms with van der Waals surface area (Å²) in [4.78, 5) is -0.0404. The van der Waals surface area contributed by atoms with E-state index in [4.69, 9.17) is 10.5 Å². The highest BCUT2D eigenvalue weighted by Crippen LogP contribution is 2.33. The number of anilines is 1. The molecule has 2 aromatic carbocycles. The van der Waals surface area contributed by atoms with Gasteiger partial charge in [-0.2, -0.15) is 0 Å². The van der Waals surface area contributed by atoms with Crippen LogP contribution in [0, 0.1) is 5.82 Å². The average Bonchev–Trinajstić information content (AvgIpc) is 2.33. The molecule has 0 aliphatic rings. The second kappa shape index (κ2) is 4.89. The fourth-order valence-electron chi connectivity index (χ4n) is 1.58. The minimum Gasteiger partial charge on any atom is -0.452 e. The molecule has 4 nitrogen and oxygen atoms in total. The molecule has 2 rings (SSSR count). The van der Waals surface area contributed by atoms with Crippen LogP contribution in [-0.4, -0.2) is 14.7 Å². The molecule has 19 heavy (non-hydrogen) atoms. The summed E-state index contributed by atoms with van der Waals surface area (Å²) in [5, 5.41) is 0. The van der Waals surface area contributed by atoms with E-state index in [0.29, 0.717) is 0 Å². The summed E-state index contributed by atoms with van der Waals surface area (Å²) in [6.07, 6.45) is 1.05. The summed E-state index contributed by atoms with van der Waals surface area (Å²) in [7, 11) is -3.46. The Morgan fingerprint density at radius 2 is 1.68 bits per heavy atom. The van der Waals surface area contributed by atoms with Crippen LogP contribution in [0.4, 0.5) is 10.1 Å². The summed E-state index contributed by atoms with van der Waals surface area (Å²) < 4.78 is 41.8. The fourth-order valence-corrected chi connectivity index (χ4v) is 2.41. The van der Waals surface area contributed by atoms with E-state index < -0.39 is 15.7 Å². The minimum atomic E-state index is -3.46. The van der Waals surface area contributed by atoms with Crippen LogP contribution in [0.15, 0.2) is 47.4 Å². The van der Waals surface area contributed by atoms with Gasteiger partial charge in [-0.1, -0.05) is 18.2 Å². The molecular weight excluding hydrogens is 269 g/mol. The lowest BCUT2D eigenvalue weighted by Crippen LogP contribution is -2.04. The maximum atomic E-state index is 13.5. The first-order valence-corrected chi connectivity index (χ1v) is 7.29. The number of hydrogen-bond acceptors (Lipinski definition) is 4. The van der Waals surface area contributed by atoms with Crippen molar-refractivity contribution in [2.75, 3.05) is 12.0 Å².